The number of benzene rings is 1. The monoisotopic (exact) mass is 343 g/mol. The Morgan fingerprint density at radius 3 is 2.88 bits per heavy atom. The van der Waals surface area contributed by atoms with Gasteiger partial charge in [0.05, 0.1) is 23.2 Å². The van der Waals surface area contributed by atoms with Crippen LogP contribution in [0.3, 0.4) is 0 Å². The van der Waals surface area contributed by atoms with Crippen molar-refractivity contribution in [1.82, 2.24) is 30.0 Å². The molecule has 1 amide bonds. The average Bonchev–Trinajstić information content (AvgIpc) is 3.18. The quantitative estimate of drug-likeness (QED) is 0.562. The van der Waals surface area contributed by atoms with Crippen molar-refractivity contribution in [1.29, 1.82) is 0 Å². The number of rotatable bonds is 5. The van der Waals surface area contributed by atoms with E-state index in [0.29, 0.717) is 16.4 Å². The van der Waals surface area contributed by atoms with E-state index in [1.807, 2.05) is 37.3 Å². The number of para-hydroxylation sites is 1. The summed E-state index contributed by atoms with van der Waals surface area (Å²) in [5.41, 5.74) is 4.61. The molecule has 3 rings (SSSR count). The minimum atomic E-state index is -0.319. The number of amides is 1. The minimum Gasteiger partial charge on any atom is -0.271 e. The molecule has 3 aromatic rings. The molecule has 24 heavy (non-hydrogen) atoms. The fourth-order valence-electron chi connectivity index (χ4n) is 2.06. The molecule has 2 aromatic heterocycles. The Morgan fingerprint density at radius 2 is 2.17 bits per heavy atom. The molecular weight excluding hydrogens is 330 g/mol. The smallest absolute Gasteiger partial charge is 0.261 e. The zero-order chi connectivity index (χ0) is 16.9. The highest BCUT2D eigenvalue weighted by Gasteiger charge is 2.13. The Morgan fingerprint density at radius 1 is 1.38 bits per heavy atom. The molecule has 1 N–H and O–H groups in total. The van der Waals surface area contributed by atoms with E-state index in [2.05, 4.69) is 25.7 Å². The lowest BCUT2D eigenvalue weighted by molar-refractivity contribution is -0.121. The van der Waals surface area contributed by atoms with Crippen molar-refractivity contribution in [3.8, 4) is 5.69 Å². The van der Waals surface area contributed by atoms with Crippen molar-refractivity contribution in [3.05, 3.63) is 59.4 Å². The number of carbonyl (C=O) groups is 1. The first-order valence-electron chi connectivity index (χ1n) is 7.10. The molecule has 0 fully saturated rings. The number of halogens is 1. The van der Waals surface area contributed by atoms with Crippen molar-refractivity contribution >= 4 is 23.7 Å². The number of carbonyl (C=O) groups excluding carboxylic acids is 1. The van der Waals surface area contributed by atoms with Gasteiger partial charge in [0.15, 0.2) is 0 Å². The number of aromatic nitrogens is 5. The standard InChI is InChI=1S/C15H14ClN7O/c1-11-13(7-18-20-14(24)8-22-10-17-9-19-22)15(16)23(21-11)12-5-3-2-4-6-12/h2-7,9-10H,8H2,1H3,(H,20,24)/b18-7-. The van der Waals surface area contributed by atoms with Crippen molar-refractivity contribution in [2.75, 3.05) is 0 Å². The van der Waals surface area contributed by atoms with E-state index in [4.69, 9.17) is 11.6 Å². The van der Waals surface area contributed by atoms with E-state index < -0.39 is 0 Å². The van der Waals surface area contributed by atoms with Gasteiger partial charge in [-0.05, 0) is 19.1 Å². The number of hydrazone groups is 1. The topological polar surface area (TPSA) is 90.0 Å². The molecule has 122 valence electrons. The van der Waals surface area contributed by atoms with Gasteiger partial charge in [-0.3, -0.25) is 4.79 Å². The van der Waals surface area contributed by atoms with Gasteiger partial charge in [-0.25, -0.2) is 19.8 Å². The molecule has 8 nitrogen and oxygen atoms in total. The predicted molar refractivity (Wildman–Crippen MR) is 89.1 cm³/mol. The number of nitrogens with one attached hydrogen (secondary N) is 1. The summed E-state index contributed by atoms with van der Waals surface area (Å²) in [5.74, 6) is -0.319. The highest BCUT2D eigenvalue weighted by molar-refractivity contribution is 6.32. The number of hydrogen-bond acceptors (Lipinski definition) is 5. The molecule has 0 unspecified atom stereocenters. The van der Waals surface area contributed by atoms with Gasteiger partial charge in [0.25, 0.3) is 5.91 Å². The Bertz CT molecular complexity index is 856. The molecular formula is C15H14ClN7O. The molecule has 0 bridgehead atoms. The number of hydrogen-bond donors (Lipinski definition) is 1. The predicted octanol–water partition coefficient (Wildman–Crippen LogP) is 1.58. The molecule has 2 heterocycles. The molecule has 0 radical (unpaired) electrons. The maximum absolute atomic E-state index is 11.7. The van der Waals surface area contributed by atoms with E-state index in [-0.39, 0.29) is 12.5 Å². The van der Waals surface area contributed by atoms with E-state index in [1.165, 1.54) is 23.6 Å². The van der Waals surface area contributed by atoms with Crippen LogP contribution in [-0.4, -0.2) is 36.7 Å². The van der Waals surface area contributed by atoms with E-state index in [0.717, 1.165) is 5.69 Å². The molecule has 1 aromatic carbocycles. The summed E-state index contributed by atoms with van der Waals surface area (Å²) in [6.45, 7) is 1.86. The van der Waals surface area contributed by atoms with Crippen molar-refractivity contribution in [3.63, 3.8) is 0 Å². The Balaban J connectivity index is 1.71. The second-order valence-corrected chi connectivity index (χ2v) is 5.28. The number of aryl methyl sites for hydroxylation is 1. The summed E-state index contributed by atoms with van der Waals surface area (Å²) in [7, 11) is 0. The van der Waals surface area contributed by atoms with Crippen LogP contribution >= 0.6 is 11.6 Å². The first-order valence-corrected chi connectivity index (χ1v) is 7.48. The second kappa shape index (κ2) is 7.05. The highest BCUT2D eigenvalue weighted by Crippen LogP contribution is 2.21. The lowest BCUT2D eigenvalue weighted by atomic mass is 10.3. The van der Waals surface area contributed by atoms with E-state index in [9.17, 15) is 4.79 Å². The van der Waals surface area contributed by atoms with E-state index >= 15 is 0 Å². The van der Waals surface area contributed by atoms with Crippen LogP contribution in [-0.2, 0) is 11.3 Å². The summed E-state index contributed by atoms with van der Waals surface area (Å²) in [6.07, 6.45) is 4.29. The molecule has 0 atom stereocenters. The van der Waals surface area contributed by atoms with Crippen LogP contribution in [0.15, 0.2) is 48.1 Å². The summed E-state index contributed by atoms with van der Waals surface area (Å²) >= 11 is 6.37. The normalized spacial score (nSPS) is 11.1. The van der Waals surface area contributed by atoms with Gasteiger partial charge in [-0.2, -0.15) is 15.3 Å². The molecule has 9 heteroatoms. The third-order valence-electron chi connectivity index (χ3n) is 3.20. The van der Waals surface area contributed by atoms with Gasteiger partial charge in [0.2, 0.25) is 0 Å². The SMILES string of the molecule is Cc1nn(-c2ccccc2)c(Cl)c1/C=N\NC(=O)Cn1cncn1. The van der Waals surface area contributed by atoms with Gasteiger partial charge in [0.1, 0.15) is 24.4 Å². The highest BCUT2D eigenvalue weighted by atomic mass is 35.5. The van der Waals surface area contributed by atoms with Crippen molar-refractivity contribution < 1.29 is 4.79 Å². The molecule has 0 spiro atoms. The van der Waals surface area contributed by atoms with Gasteiger partial charge >= 0.3 is 0 Å². The van der Waals surface area contributed by atoms with Crippen molar-refractivity contribution in [2.45, 2.75) is 13.5 Å². The van der Waals surface area contributed by atoms with Crippen molar-refractivity contribution in [2.24, 2.45) is 5.10 Å². The first-order chi connectivity index (χ1) is 11.6. The lowest BCUT2D eigenvalue weighted by Gasteiger charge is -2.02. The zero-order valence-corrected chi connectivity index (χ0v) is 13.6. The first kappa shape index (κ1) is 15.9. The van der Waals surface area contributed by atoms with Gasteiger partial charge in [-0.1, -0.05) is 29.8 Å². The van der Waals surface area contributed by atoms with Gasteiger partial charge in [0, 0.05) is 0 Å². The summed E-state index contributed by atoms with van der Waals surface area (Å²) in [5, 5.41) is 12.6. The van der Waals surface area contributed by atoms with Crippen LogP contribution in [0.4, 0.5) is 0 Å². The van der Waals surface area contributed by atoms with Crippen LogP contribution in [0.1, 0.15) is 11.3 Å². The molecule has 0 saturated heterocycles. The second-order valence-electron chi connectivity index (χ2n) is 4.92. The average molecular weight is 344 g/mol. The van der Waals surface area contributed by atoms with Crippen LogP contribution in [0, 0.1) is 6.92 Å². The Hall–Kier alpha value is -3.00. The zero-order valence-electron chi connectivity index (χ0n) is 12.8. The fraction of sp³-hybridized carbons (Fsp3) is 0.133. The Labute approximate surface area is 142 Å². The summed E-state index contributed by atoms with van der Waals surface area (Å²) < 4.78 is 3.02. The largest absolute Gasteiger partial charge is 0.271 e. The Kier molecular flexibility index (Phi) is 4.66. The molecule has 0 saturated carbocycles. The molecule has 0 aliphatic heterocycles. The maximum Gasteiger partial charge on any atom is 0.261 e. The summed E-state index contributed by atoms with van der Waals surface area (Å²) in [6, 6.07) is 9.53. The third-order valence-corrected chi connectivity index (χ3v) is 3.57. The molecule has 0 aliphatic carbocycles. The van der Waals surface area contributed by atoms with E-state index in [1.54, 1.807) is 4.68 Å². The lowest BCUT2D eigenvalue weighted by Crippen LogP contribution is -2.23. The van der Waals surface area contributed by atoms with Crippen LogP contribution in [0.5, 0.6) is 0 Å². The van der Waals surface area contributed by atoms with Gasteiger partial charge < -0.3 is 0 Å². The van der Waals surface area contributed by atoms with Crippen LogP contribution in [0.25, 0.3) is 5.69 Å². The minimum absolute atomic E-state index is 0.0351. The van der Waals surface area contributed by atoms with Crippen LogP contribution < -0.4 is 5.43 Å². The summed E-state index contributed by atoms with van der Waals surface area (Å²) in [4.78, 5) is 15.5. The maximum atomic E-state index is 11.7. The number of nitrogens with zero attached hydrogens (tertiary/aromatic N) is 6. The van der Waals surface area contributed by atoms with Crippen LogP contribution in [0.2, 0.25) is 5.15 Å². The van der Waals surface area contributed by atoms with Gasteiger partial charge in [-0.15, -0.1) is 0 Å². The fourth-order valence-corrected chi connectivity index (χ4v) is 2.38. The third kappa shape index (κ3) is 3.49. The molecule has 0 aliphatic rings.